The van der Waals surface area contributed by atoms with Gasteiger partial charge in [0.25, 0.3) is 0 Å². The molecule has 3 rings (SSSR count). The number of Topliss-reactive ketones (excluding diaryl/α,β-unsaturated/α-hetero) is 1. The number of carbonyl (C=O) groups excluding carboxylic acids is 1. The van der Waals surface area contributed by atoms with Gasteiger partial charge in [-0.1, -0.05) is 12.8 Å². The van der Waals surface area contributed by atoms with Crippen LogP contribution in [0.25, 0.3) is 0 Å². The zero-order valence-corrected chi connectivity index (χ0v) is 9.45. The molecule has 2 unspecified atom stereocenters. The predicted molar refractivity (Wildman–Crippen MR) is 59.7 cm³/mol. The molecule has 0 spiro atoms. The van der Waals surface area contributed by atoms with Crippen molar-refractivity contribution in [2.75, 3.05) is 13.1 Å². The molecule has 2 saturated carbocycles. The van der Waals surface area contributed by atoms with Crippen molar-refractivity contribution in [3.63, 3.8) is 0 Å². The molecule has 0 aromatic carbocycles. The van der Waals surface area contributed by atoms with E-state index >= 15 is 0 Å². The van der Waals surface area contributed by atoms with E-state index in [0.29, 0.717) is 11.7 Å². The van der Waals surface area contributed by atoms with Gasteiger partial charge in [-0.3, -0.25) is 9.69 Å². The van der Waals surface area contributed by atoms with Crippen LogP contribution in [0.1, 0.15) is 44.9 Å². The lowest BCUT2D eigenvalue weighted by Gasteiger charge is -2.31. The highest BCUT2D eigenvalue weighted by atomic mass is 16.1. The van der Waals surface area contributed by atoms with Gasteiger partial charge in [0.1, 0.15) is 5.78 Å². The smallest absolute Gasteiger partial charge is 0.149 e. The van der Waals surface area contributed by atoms with Gasteiger partial charge in [-0.25, -0.2) is 0 Å². The average molecular weight is 207 g/mol. The summed E-state index contributed by atoms with van der Waals surface area (Å²) < 4.78 is 0. The van der Waals surface area contributed by atoms with Gasteiger partial charge in [0.05, 0.1) is 6.54 Å². The molecular weight excluding hydrogens is 186 g/mol. The number of nitrogens with zero attached hydrogens (tertiary/aromatic N) is 1. The zero-order chi connectivity index (χ0) is 10.3. The Morgan fingerprint density at radius 1 is 1.07 bits per heavy atom. The highest BCUT2D eigenvalue weighted by Gasteiger charge is 2.38. The minimum Gasteiger partial charge on any atom is -0.298 e. The summed E-state index contributed by atoms with van der Waals surface area (Å²) in [6.07, 6.45) is 9.26. The molecule has 2 aliphatic carbocycles. The number of hydrogen-bond donors (Lipinski definition) is 0. The van der Waals surface area contributed by atoms with Gasteiger partial charge in [-0.15, -0.1) is 0 Å². The van der Waals surface area contributed by atoms with Crippen molar-refractivity contribution in [1.29, 1.82) is 0 Å². The molecule has 3 fully saturated rings. The largest absolute Gasteiger partial charge is 0.298 e. The minimum absolute atomic E-state index is 0.452. The lowest BCUT2D eigenvalue weighted by atomic mass is 9.85. The first-order valence-electron chi connectivity index (χ1n) is 6.61. The van der Waals surface area contributed by atoms with E-state index < -0.39 is 0 Å². The molecule has 0 bridgehead atoms. The van der Waals surface area contributed by atoms with Gasteiger partial charge in [-0.2, -0.15) is 0 Å². The predicted octanol–water partition coefficient (Wildman–Crippen LogP) is 2.23. The van der Waals surface area contributed by atoms with Crippen LogP contribution in [0.5, 0.6) is 0 Å². The first-order valence-corrected chi connectivity index (χ1v) is 6.61. The number of rotatable bonds is 3. The van der Waals surface area contributed by atoms with Crippen LogP contribution in [0, 0.1) is 11.8 Å². The van der Waals surface area contributed by atoms with Crippen LogP contribution in [0.2, 0.25) is 0 Å². The molecule has 2 atom stereocenters. The van der Waals surface area contributed by atoms with E-state index in [1.54, 1.807) is 0 Å². The Labute approximate surface area is 92.0 Å². The molecule has 0 aromatic rings. The van der Waals surface area contributed by atoms with Crippen LogP contribution >= 0.6 is 0 Å². The summed E-state index contributed by atoms with van der Waals surface area (Å²) >= 11 is 0. The standard InChI is InChI=1S/C13H21NO/c15-13(11-5-6-11)9-14-8-7-10-3-1-2-4-12(10)14/h10-12H,1-9H2. The summed E-state index contributed by atoms with van der Waals surface area (Å²) in [6, 6.07) is 0.765. The summed E-state index contributed by atoms with van der Waals surface area (Å²) in [6.45, 7) is 1.96. The molecular formula is C13H21NO. The van der Waals surface area contributed by atoms with Crippen molar-refractivity contribution in [3.05, 3.63) is 0 Å². The van der Waals surface area contributed by atoms with Crippen molar-refractivity contribution >= 4 is 5.78 Å². The Bertz CT molecular complexity index is 259. The molecule has 1 saturated heterocycles. The fraction of sp³-hybridized carbons (Fsp3) is 0.923. The van der Waals surface area contributed by atoms with Gasteiger partial charge >= 0.3 is 0 Å². The van der Waals surface area contributed by atoms with Crippen molar-refractivity contribution in [2.24, 2.45) is 11.8 Å². The van der Waals surface area contributed by atoms with Gasteiger partial charge in [-0.05, 0) is 44.6 Å². The van der Waals surface area contributed by atoms with Crippen molar-refractivity contribution in [2.45, 2.75) is 51.0 Å². The van der Waals surface area contributed by atoms with Crippen LogP contribution in [-0.4, -0.2) is 29.8 Å². The molecule has 1 heterocycles. The maximum Gasteiger partial charge on any atom is 0.149 e. The number of carbonyl (C=O) groups is 1. The summed E-state index contributed by atoms with van der Waals surface area (Å²) in [5.74, 6) is 1.90. The Balaban J connectivity index is 1.58. The third-order valence-corrected chi connectivity index (χ3v) is 4.52. The molecule has 2 nitrogen and oxygen atoms in total. The van der Waals surface area contributed by atoms with E-state index in [0.717, 1.165) is 18.5 Å². The molecule has 0 aromatic heterocycles. The lowest BCUT2D eigenvalue weighted by Crippen LogP contribution is -2.38. The van der Waals surface area contributed by atoms with E-state index in [-0.39, 0.29) is 0 Å². The van der Waals surface area contributed by atoms with E-state index in [1.807, 2.05) is 0 Å². The molecule has 0 radical (unpaired) electrons. The normalized spacial score (nSPS) is 36.5. The number of likely N-dealkylation sites (tertiary alicyclic amines) is 1. The second kappa shape index (κ2) is 3.89. The second-order valence-electron chi connectivity index (χ2n) is 5.61. The van der Waals surface area contributed by atoms with Crippen LogP contribution < -0.4 is 0 Å². The van der Waals surface area contributed by atoms with E-state index in [2.05, 4.69) is 4.90 Å². The van der Waals surface area contributed by atoms with Gasteiger partial charge in [0.2, 0.25) is 0 Å². The maximum atomic E-state index is 11.8. The number of ketones is 1. The number of hydrogen-bond acceptors (Lipinski definition) is 2. The second-order valence-corrected chi connectivity index (χ2v) is 5.61. The highest BCUT2D eigenvalue weighted by Crippen LogP contribution is 2.37. The van der Waals surface area contributed by atoms with Crippen molar-refractivity contribution in [3.8, 4) is 0 Å². The third-order valence-electron chi connectivity index (χ3n) is 4.52. The first kappa shape index (κ1) is 9.83. The summed E-state index contributed by atoms with van der Waals surface area (Å²) in [4.78, 5) is 14.3. The summed E-state index contributed by atoms with van der Waals surface area (Å²) in [5, 5.41) is 0. The van der Waals surface area contributed by atoms with Crippen LogP contribution in [0.15, 0.2) is 0 Å². The molecule has 0 amide bonds. The average Bonchev–Trinajstić information content (AvgIpc) is 3.03. The van der Waals surface area contributed by atoms with Gasteiger partial charge in [0, 0.05) is 12.0 Å². The fourth-order valence-corrected chi connectivity index (χ4v) is 3.43. The van der Waals surface area contributed by atoms with E-state index in [1.165, 1.54) is 51.5 Å². The van der Waals surface area contributed by atoms with Gasteiger partial charge in [0.15, 0.2) is 0 Å². The van der Waals surface area contributed by atoms with Crippen LogP contribution in [0.4, 0.5) is 0 Å². The topological polar surface area (TPSA) is 20.3 Å². The maximum absolute atomic E-state index is 11.8. The summed E-state index contributed by atoms with van der Waals surface area (Å²) in [7, 11) is 0. The molecule has 1 aliphatic heterocycles. The highest BCUT2D eigenvalue weighted by molar-refractivity contribution is 5.85. The van der Waals surface area contributed by atoms with Gasteiger partial charge < -0.3 is 0 Å². The first-order chi connectivity index (χ1) is 7.34. The van der Waals surface area contributed by atoms with Crippen LogP contribution in [-0.2, 0) is 4.79 Å². The molecule has 2 heteroatoms. The zero-order valence-electron chi connectivity index (χ0n) is 9.45. The molecule has 0 N–H and O–H groups in total. The SMILES string of the molecule is O=C(CN1CCC2CCCCC21)C1CC1. The Morgan fingerprint density at radius 2 is 1.87 bits per heavy atom. The number of fused-ring (bicyclic) bond motifs is 1. The summed E-state index contributed by atoms with van der Waals surface area (Å²) in [5.41, 5.74) is 0. The third kappa shape index (κ3) is 1.96. The molecule has 15 heavy (non-hydrogen) atoms. The quantitative estimate of drug-likeness (QED) is 0.707. The van der Waals surface area contributed by atoms with E-state index in [9.17, 15) is 4.79 Å². The Kier molecular flexibility index (Phi) is 2.55. The Hall–Kier alpha value is -0.370. The fourth-order valence-electron chi connectivity index (χ4n) is 3.43. The molecule has 84 valence electrons. The lowest BCUT2D eigenvalue weighted by molar-refractivity contribution is -0.121. The monoisotopic (exact) mass is 207 g/mol. The Morgan fingerprint density at radius 3 is 2.67 bits per heavy atom. The van der Waals surface area contributed by atoms with E-state index in [4.69, 9.17) is 0 Å². The van der Waals surface area contributed by atoms with Crippen LogP contribution in [0.3, 0.4) is 0 Å². The molecule has 3 aliphatic rings. The van der Waals surface area contributed by atoms with Crippen molar-refractivity contribution in [1.82, 2.24) is 4.90 Å². The minimum atomic E-state index is 0.452. The van der Waals surface area contributed by atoms with Crippen molar-refractivity contribution < 1.29 is 4.79 Å².